The van der Waals surface area contributed by atoms with Crippen molar-refractivity contribution >= 4 is 120 Å². The van der Waals surface area contributed by atoms with Crippen molar-refractivity contribution in [2.24, 2.45) is 40.9 Å². The van der Waals surface area contributed by atoms with E-state index in [2.05, 4.69) is 46.2 Å². The second-order valence-corrected chi connectivity index (χ2v) is 19.7. The summed E-state index contributed by atoms with van der Waals surface area (Å²) >= 11 is 0. The maximum Gasteiger partial charge on any atom is 0.425 e. The predicted molar refractivity (Wildman–Crippen MR) is 278 cm³/mol. The van der Waals surface area contributed by atoms with Gasteiger partial charge in [0.25, 0.3) is 20.2 Å². The standard InChI is InChI=1S/C49H41N9O7S2.2O3S/c1-28-20-37(51-55-43-23-30(3)44(24-29(43)2)56-54-42-18-14-34-25-36(15-17-39(34)49(42)59)50-35-11-7-6-8-12-35)16-19-41(28)53-58-48-31(4)21-38(22-32(48)5)52-57-45-27-40-33(26-47(45)67(63,64)65)10-9-13-46(40)66(60,61)62;2*1-4(2)3/h6-27,50,59H,1-5H3,(H,60,61,62)(H,63,64,65);;. The molecule has 8 rings (SSSR count). The Morgan fingerprint density at radius 1 is 0.400 bits per heavy atom. The molecule has 0 aromatic heterocycles. The number of azo groups is 4. The van der Waals surface area contributed by atoms with Crippen molar-refractivity contribution in [1.29, 1.82) is 0 Å². The fraction of sp³-hybridized carbons (Fsp3) is 0.102. The molecule has 0 saturated carbocycles. The number of hydrogen-bond donors (Lipinski definition) is 4. The van der Waals surface area contributed by atoms with Crippen LogP contribution in [-0.2, 0) is 41.5 Å². The Bertz CT molecular complexity index is 4080. The fourth-order valence-electron chi connectivity index (χ4n) is 7.32. The Kier molecular flexibility index (Phi) is 17.7. The van der Waals surface area contributed by atoms with Crippen LogP contribution in [0, 0.1) is 34.6 Å². The van der Waals surface area contributed by atoms with Gasteiger partial charge < -0.3 is 10.4 Å². The number of phenolic OH excluding ortho intramolecular Hbond substituents is 1. The van der Waals surface area contributed by atoms with E-state index in [0.29, 0.717) is 56.3 Å². The zero-order valence-electron chi connectivity index (χ0n) is 39.8. The molecule has 8 aromatic carbocycles. The third-order valence-corrected chi connectivity index (χ3v) is 12.5. The molecule has 0 saturated heterocycles. The van der Waals surface area contributed by atoms with Crippen LogP contribution >= 0.6 is 0 Å². The van der Waals surface area contributed by atoms with Crippen molar-refractivity contribution in [1.82, 2.24) is 0 Å². The highest BCUT2D eigenvalue weighted by atomic mass is 32.2. The van der Waals surface area contributed by atoms with Crippen molar-refractivity contribution in [3.05, 3.63) is 161 Å². The van der Waals surface area contributed by atoms with Gasteiger partial charge in [0.05, 0.1) is 34.1 Å². The minimum atomic E-state index is -4.80. The molecule has 75 heavy (non-hydrogen) atoms. The summed E-state index contributed by atoms with van der Waals surface area (Å²) in [6.45, 7) is 9.28. The van der Waals surface area contributed by atoms with Gasteiger partial charge in [-0.15, -0.1) is 40.6 Å². The number of fused-ring (bicyclic) bond motifs is 2. The average Bonchev–Trinajstić information content (AvgIpc) is 3.32. The molecule has 384 valence electrons. The van der Waals surface area contributed by atoms with Gasteiger partial charge in [-0.2, -0.15) is 42.4 Å². The van der Waals surface area contributed by atoms with Gasteiger partial charge in [-0.1, -0.05) is 36.4 Å². The Morgan fingerprint density at radius 2 is 0.907 bits per heavy atom. The van der Waals surface area contributed by atoms with Crippen LogP contribution in [0.25, 0.3) is 21.5 Å². The van der Waals surface area contributed by atoms with Crippen LogP contribution < -0.4 is 5.32 Å². The summed E-state index contributed by atoms with van der Waals surface area (Å²) in [6, 6.07) is 37.8. The SMILES string of the molecule is Cc1cc(N=Nc2ccc3cc(Nc4ccccc4)ccc3c2O)c(C)cc1N=Nc1ccc(N=Nc2c(C)cc(N=Nc3cc4c(S(=O)(=O)O)cccc4cc3S(=O)(=O)O)cc2C)c(C)c1.O=S(=O)=O.O=S(=O)=O. The third kappa shape index (κ3) is 15.0. The molecule has 0 aliphatic heterocycles. The first-order valence-corrected chi connectivity index (χ1v) is 26.4. The second-order valence-electron chi connectivity index (χ2n) is 16.1. The molecular weight excluding hydrogens is 1050 g/mol. The summed E-state index contributed by atoms with van der Waals surface area (Å²) in [6.07, 6.45) is 0. The highest BCUT2D eigenvalue weighted by Crippen LogP contribution is 2.40. The van der Waals surface area contributed by atoms with Crippen LogP contribution in [-0.4, -0.2) is 56.3 Å². The molecule has 26 heteroatoms. The van der Waals surface area contributed by atoms with E-state index in [1.165, 1.54) is 12.1 Å². The summed E-state index contributed by atoms with van der Waals surface area (Å²) < 4.78 is 119. The van der Waals surface area contributed by atoms with E-state index in [4.69, 9.17) is 25.3 Å². The number of rotatable bonds is 12. The van der Waals surface area contributed by atoms with Crippen molar-refractivity contribution in [3.8, 4) is 5.75 Å². The molecule has 0 bridgehead atoms. The van der Waals surface area contributed by atoms with Crippen molar-refractivity contribution < 1.29 is 56.3 Å². The number of anilines is 2. The lowest BCUT2D eigenvalue weighted by molar-refractivity contribution is 0.482. The van der Waals surface area contributed by atoms with Gasteiger partial charge in [-0.3, -0.25) is 9.11 Å². The molecule has 0 aliphatic rings. The number of hydrogen-bond acceptors (Lipinski definition) is 20. The van der Waals surface area contributed by atoms with Crippen LogP contribution in [0.3, 0.4) is 0 Å². The molecule has 0 aliphatic carbocycles. The normalized spacial score (nSPS) is 11.8. The van der Waals surface area contributed by atoms with Gasteiger partial charge in [0.15, 0.2) is 5.75 Å². The van der Waals surface area contributed by atoms with Crippen LogP contribution in [0.15, 0.2) is 184 Å². The molecule has 22 nitrogen and oxygen atoms in total. The predicted octanol–water partition coefficient (Wildman–Crippen LogP) is 13.1. The Labute approximate surface area is 431 Å². The average molecular weight is 1090 g/mol. The molecule has 4 N–H and O–H groups in total. The smallest absolute Gasteiger partial charge is 0.425 e. The van der Waals surface area contributed by atoms with Crippen molar-refractivity contribution in [2.45, 2.75) is 44.4 Å². The molecule has 0 heterocycles. The van der Waals surface area contributed by atoms with Crippen LogP contribution in [0.2, 0.25) is 0 Å². The van der Waals surface area contributed by atoms with E-state index >= 15 is 0 Å². The molecule has 0 spiro atoms. The number of para-hydroxylation sites is 1. The zero-order chi connectivity index (χ0) is 54.8. The molecule has 8 aromatic rings. The van der Waals surface area contributed by atoms with Gasteiger partial charge in [0.2, 0.25) is 0 Å². The van der Waals surface area contributed by atoms with Crippen molar-refractivity contribution in [2.75, 3.05) is 5.32 Å². The summed E-state index contributed by atoms with van der Waals surface area (Å²) in [7, 11) is -15.7. The van der Waals surface area contributed by atoms with Gasteiger partial charge in [0.1, 0.15) is 21.2 Å². The van der Waals surface area contributed by atoms with E-state index in [-0.39, 0.29) is 22.2 Å². The summed E-state index contributed by atoms with van der Waals surface area (Å²) in [4.78, 5) is -1.05. The molecule has 0 radical (unpaired) electrons. The number of phenols is 1. The second kappa shape index (κ2) is 23.9. The van der Waals surface area contributed by atoms with Crippen LogP contribution in [0.5, 0.6) is 5.75 Å². The number of aryl methyl sites for hydroxylation is 5. The Morgan fingerprint density at radius 3 is 1.51 bits per heavy atom. The number of aromatic hydroxyl groups is 1. The van der Waals surface area contributed by atoms with Gasteiger partial charge in [0, 0.05) is 22.1 Å². The van der Waals surface area contributed by atoms with E-state index in [1.807, 2.05) is 93.6 Å². The molecule has 0 unspecified atom stereocenters. The maximum atomic E-state index is 12.3. The van der Waals surface area contributed by atoms with Crippen molar-refractivity contribution in [3.63, 3.8) is 0 Å². The van der Waals surface area contributed by atoms with Gasteiger partial charge in [-0.25, -0.2) is 0 Å². The lowest BCUT2D eigenvalue weighted by Gasteiger charge is -2.09. The molecule has 0 atom stereocenters. The highest BCUT2D eigenvalue weighted by Gasteiger charge is 2.21. The van der Waals surface area contributed by atoms with E-state index in [1.54, 1.807) is 44.2 Å². The Hall–Kier alpha value is -8.66. The Balaban J connectivity index is 0.00000107. The first kappa shape index (κ1) is 55.7. The zero-order valence-corrected chi connectivity index (χ0v) is 43.1. The summed E-state index contributed by atoms with van der Waals surface area (Å²) in [5.41, 5.74) is 9.06. The summed E-state index contributed by atoms with van der Waals surface area (Å²) in [5.74, 6) is 0.0418. The number of nitrogens with zero attached hydrogens (tertiary/aromatic N) is 8. The first-order chi connectivity index (χ1) is 35.4. The van der Waals surface area contributed by atoms with Crippen LogP contribution in [0.1, 0.15) is 27.8 Å². The summed E-state index contributed by atoms with van der Waals surface area (Å²) in [5, 5.41) is 51.1. The minimum absolute atomic E-state index is 0.00904. The monoisotopic (exact) mass is 1090 g/mol. The van der Waals surface area contributed by atoms with Gasteiger partial charge >= 0.3 is 21.2 Å². The number of benzene rings is 8. The highest BCUT2D eigenvalue weighted by molar-refractivity contribution is 7.86. The number of nitrogens with one attached hydrogen (secondary N) is 1. The third-order valence-electron chi connectivity index (χ3n) is 10.7. The maximum absolute atomic E-state index is 12.3. The lowest BCUT2D eigenvalue weighted by atomic mass is 10.1. The van der Waals surface area contributed by atoms with E-state index in [0.717, 1.165) is 51.7 Å². The molecule has 0 amide bonds. The minimum Gasteiger partial charge on any atom is -0.505 e. The van der Waals surface area contributed by atoms with Gasteiger partial charge in [-0.05, 0) is 170 Å². The molecular formula is C49H41N9O13S4. The topological polar surface area (TPSA) is 342 Å². The van der Waals surface area contributed by atoms with E-state index < -0.39 is 51.2 Å². The van der Waals surface area contributed by atoms with E-state index in [9.17, 15) is 31.0 Å². The molecule has 0 fully saturated rings. The fourth-order valence-corrected chi connectivity index (χ4v) is 8.67. The van der Waals surface area contributed by atoms with Crippen LogP contribution in [0.4, 0.5) is 56.9 Å². The lowest BCUT2D eigenvalue weighted by Crippen LogP contribution is -2.01. The largest absolute Gasteiger partial charge is 0.505 e. The quantitative estimate of drug-likeness (QED) is 0.0653. The first-order valence-electron chi connectivity index (χ1n) is 21.5.